The number of nitro groups is 1. The Hall–Kier alpha value is -1.76. The minimum Gasteiger partial charge on any atom is -0.334 e. The fourth-order valence-electron chi connectivity index (χ4n) is 2.45. The van der Waals surface area contributed by atoms with Gasteiger partial charge in [0, 0.05) is 18.5 Å². The van der Waals surface area contributed by atoms with Gasteiger partial charge in [-0.25, -0.2) is 4.39 Å². The molecule has 1 amide bonds. The minimum absolute atomic E-state index is 0.185. The van der Waals surface area contributed by atoms with Crippen molar-refractivity contribution < 1.29 is 18.5 Å². The van der Waals surface area contributed by atoms with Crippen LogP contribution in [-0.2, 0) is 0 Å². The minimum atomic E-state index is -1.31. The Kier molecular flexibility index (Phi) is 4.72. The largest absolute Gasteiger partial charge is 0.334 e. The Bertz CT molecular complexity index is 583. The van der Waals surface area contributed by atoms with Crippen molar-refractivity contribution in [3.8, 4) is 0 Å². The number of hydrogen-bond acceptors (Lipinski definition) is 3. The van der Waals surface area contributed by atoms with Crippen LogP contribution < -0.4 is 0 Å². The van der Waals surface area contributed by atoms with E-state index >= 15 is 0 Å². The van der Waals surface area contributed by atoms with Crippen LogP contribution in [0.4, 0.5) is 14.5 Å². The first-order valence-electron chi connectivity index (χ1n) is 6.46. The molecule has 8 heteroatoms. The lowest BCUT2D eigenvalue weighted by Crippen LogP contribution is -2.45. The Morgan fingerprint density at radius 3 is 2.76 bits per heavy atom. The number of rotatable bonds is 3. The summed E-state index contributed by atoms with van der Waals surface area (Å²) < 4.78 is 27.5. The maximum atomic E-state index is 14.1. The Morgan fingerprint density at radius 1 is 1.43 bits per heavy atom. The zero-order valence-corrected chi connectivity index (χ0v) is 11.8. The van der Waals surface area contributed by atoms with Crippen molar-refractivity contribution in [2.45, 2.75) is 25.3 Å². The summed E-state index contributed by atoms with van der Waals surface area (Å²) in [4.78, 5) is 23.4. The van der Waals surface area contributed by atoms with Crippen LogP contribution in [0.25, 0.3) is 0 Å². The Balaban J connectivity index is 2.41. The summed E-state index contributed by atoms with van der Waals surface area (Å²) in [7, 11) is 0. The summed E-state index contributed by atoms with van der Waals surface area (Å²) in [5.41, 5.74) is -1.67. The molecular weight excluding hydrogens is 306 g/mol. The van der Waals surface area contributed by atoms with Crippen molar-refractivity contribution in [2.75, 3.05) is 12.4 Å². The molecule has 1 atom stereocenters. The first-order valence-corrected chi connectivity index (χ1v) is 6.99. The third-order valence-corrected chi connectivity index (χ3v) is 3.87. The number of benzene rings is 1. The van der Waals surface area contributed by atoms with Gasteiger partial charge in [-0.05, 0) is 25.3 Å². The number of likely N-dealkylation sites (tertiary alicyclic amines) is 1. The van der Waals surface area contributed by atoms with Gasteiger partial charge in [0.25, 0.3) is 5.91 Å². The third-order valence-electron chi connectivity index (χ3n) is 3.51. The average molecular weight is 319 g/mol. The van der Waals surface area contributed by atoms with Crippen molar-refractivity contribution in [1.82, 2.24) is 4.90 Å². The fraction of sp³-hybridized carbons (Fsp3) is 0.462. The molecule has 0 saturated carbocycles. The number of piperidine rings is 1. The molecule has 1 heterocycles. The molecule has 1 fully saturated rings. The fourth-order valence-corrected chi connectivity index (χ4v) is 2.77. The molecule has 1 aromatic carbocycles. The van der Waals surface area contributed by atoms with Crippen LogP contribution in [0.1, 0.15) is 29.6 Å². The van der Waals surface area contributed by atoms with Gasteiger partial charge in [0.1, 0.15) is 5.82 Å². The van der Waals surface area contributed by atoms with E-state index in [9.17, 15) is 23.7 Å². The summed E-state index contributed by atoms with van der Waals surface area (Å²) in [5, 5.41) is 10.7. The van der Waals surface area contributed by atoms with Crippen LogP contribution >= 0.6 is 11.6 Å². The van der Waals surface area contributed by atoms with Gasteiger partial charge in [-0.2, -0.15) is 4.39 Å². The van der Waals surface area contributed by atoms with Gasteiger partial charge < -0.3 is 4.90 Å². The number of nitrogens with zero attached hydrogens (tertiary/aromatic N) is 2. The molecule has 1 unspecified atom stereocenters. The van der Waals surface area contributed by atoms with Crippen LogP contribution in [0.15, 0.2) is 12.1 Å². The summed E-state index contributed by atoms with van der Waals surface area (Å²) in [5.74, 6) is -2.92. The summed E-state index contributed by atoms with van der Waals surface area (Å²) in [6.45, 7) is 0.375. The van der Waals surface area contributed by atoms with Crippen molar-refractivity contribution in [3.63, 3.8) is 0 Å². The van der Waals surface area contributed by atoms with E-state index in [4.69, 9.17) is 11.6 Å². The summed E-state index contributed by atoms with van der Waals surface area (Å²) in [6.07, 6.45) is 2.30. The molecule has 1 aliphatic rings. The first-order chi connectivity index (χ1) is 9.95. The highest BCUT2D eigenvalue weighted by atomic mass is 35.5. The van der Waals surface area contributed by atoms with E-state index in [1.165, 1.54) is 4.90 Å². The molecular formula is C13H13ClF2N2O3. The summed E-state index contributed by atoms with van der Waals surface area (Å²) >= 11 is 5.79. The predicted octanol–water partition coefficient (Wildman–Crippen LogP) is 3.11. The molecule has 0 radical (unpaired) electrons. The molecule has 114 valence electrons. The van der Waals surface area contributed by atoms with Crippen LogP contribution in [0, 0.1) is 21.7 Å². The molecule has 5 nitrogen and oxygen atoms in total. The van der Waals surface area contributed by atoms with E-state index in [2.05, 4.69) is 0 Å². The molecule has 1 saturated heterocycles. The third kappa shape index (κ3) is 3.12. The number of halogens is 3. The van der Waals surface area contributed by atoms with Crippen LogP contribution in [0.5, 0.6) is 0 Å². The average Bonchev–Trinajstić information content (AvgIpc) is 2.48. The normalized spacial score (nSPS) is 18.6. The van der Waals surface area contributed by atoms with E-state index in [0.29, 0.717) is 25.1 Å². The molecule has 21 heavy (non-hydrogen) atoms. The molecule has 1 aliphatic heterocycles. The molecule has 0 aromatic heterocycles. The lowest BCUT2D eigenvalue weighted by molar-refractivity contribution is -0.387. The van der Waals surface area contributed by atoms with Crippen molar-refractivity contribution >= 4 is 23.2 Å². The molecule has 0 bridgehead atoms. The van der Waals surface area contributed by atoms with E-state index < -0.39 is 33.7 Å². The first kappa shape index (κ1) is 15.6. The lowest BCUT2D eigenvalue weighted by atomic mass is 10.0. The zero-order valence-electron chi connectivity index (χ0n) is 11.0. The van der Waals surface area contributed by atoms with Gasteiger partial charge in [0.05, 0.1) is 16.6 Å². The topological polar surface area (TPSA) is 63.4 Å². The van der Waals surface area contributed by atoms with E-state index in [0.717, 1.165) is 12.8 Å². The maximum Gasteiger partial charge on any atom is 0.308 e. The molecule has 2 rings (SSSR count). The smallest absolute Gasteiger partial charge is 0.308 e. The van der Waals surface area contributed by atoms with Gasteiger partial charge in [-0.1, -0.05) is 0 Å². The van der Waals surface area contributed by atoms with Crippen molar-refractivity contribution in [3.05, 3.63) is 39.4 Å². The van der Waals surface area contributed by atoms with Crippen LogP contribution in [-0.4, -0.2) is 34.2 Å². The second-order valence-corrected chi connectivity index (χ2v) is 5.15. The number of nitro benzene ring substituents is 1. The SMILES string of the molecule is O=C(c1cc(F)cc([N+](=O)[O-])c1F)N1CCCCC1CCl. The highest BCUT2D eigenvalue weighted by molar-refractivity contribution is 6.18. The van der Waals surface area contributed by atoms with Gasteiger partial charge in [0.2, 0.25) is 5.82 Å². The van der Waals surface area contributed by atoms with Gasteiger partial charge in [-0.3, -0.25) is 14.9 Å². The van der Waals surface area contributed by atoms with E-state index in [1.54, 1.807) is 0 Å². The molecule has 1 aromatic rings. The Labute approximate surface area is 124 Å². The highest BCUT2D eigenvalue weighted by Crippen LogP contribution is 2.26. The van der Waals surface area contributed by atoms with Crippen LogP contribution in [0.3, 0.4) is 0 Å². The monoisotopic (exact) mass is 318 g/mol. The van der Waals surface area contributed by atoms with Gasteiger partial charge in [0.15, 0.2) is 0 Å². The molecule has 0 aliphatic carbocycles. The van der Waals surface area contributed by atoms with Gasteiger partial charge in [-0.15, -0.1) is 11.6 Å². The summed E-state index contributed by atoms with van der Waals surface area (Å²) in [6, 6.07) is 0.876. The van der Waals surface area contributed by atoms with Gasteiger partial charge >= 0.3 is 5.69 Å². The second kappa shape index (κ2) is 6.34. The maximum absolute atomic E-state index is 14.1. The quantitative estimate of drug-likeness (QED) is 0.488. The number of amides is 1. The van der Waals surface area contributed by atoms with Crippen molar-refractivity contribution in [2.24, 2.45) is 0 Å². The number of hydrogen-bond donors (Lipinski definition) is 0. The lowest BCUT2D eigenvalue weighted by Gasteiger charge is -2.34. The Morgan fingerprint density at radius 2 is 2.14 bits per heavy atom. The van der Waals surface area contributed by atoms with Crippen molar-refractivity contribution in [1.29, 1.82) is 0 Å². The predicted molar refractivity (Wildman–Crippen MR) is 72.4 cm³/mol. The van der Waals surface area contributed by atoms with E-state index in [-0.39, 0.29) is 11.9 Å². The van der Waals surface area contributed by atoms with Crippen LogP contribution in [0.2, 0.25) is 0 Å². The highest BCUT2D eigenvalue weighted by Gasteiger charge is 2.31. The number of alkyl halides is 1. The number of carbonyl (C=O) groups is 1. The standard InChI is InChI=1S/C13H13ClF2N2O3/c14-7-9-3-1-2-4-17(9)13(19)10-5-8(15)6-11(12(10)16)18(20)21/h5-6,9H,1-4,7H2. The molecule has 0 N–H and O–H groups in total. The zero-order chi connectivity index (χ0) is 15.6. The molecule has 0 spiro atoms. The second-order valence-electron chi connectivity index (χ2n) is 4.85. The number of carbonyl (C=O) groups excluding carboxylic acids is 1. The van der Waals surface area contributed by atoms with E-state index in [1.807, 2.05) is 0 Å².